The highest BCUT2D eigenvalue weighted by Gasteiger charge is 2.15. The molecule has 21 heteroatoms. The van der Waals surface area contributed by atoms with Gasteiger partial charge < -0.3 is 50.3 Å². The van der Waals surface area contributed by atoms with Gasteiger partial charge in [0.25, 0.3) is 11.8 Å². The first-order valence-electron chi connectivity index (χ1n) is 22.1. The highest BCUT2D eigenvalue weighted by Crippen LogP contribution is 2.31. The zero-order valence-electron chi connectivity index (χ0n) is 39.1. The van der Waals surface area contributed by atoms with Crippen molar-refractivity contribution in [3.8, 4) is 28.7 Å². The molecular weight excluding hydrogens is 937 g/mol. The van der Waals surface area contributed by atoms with E-state index in [4.69, 9.17) is 14.2 Å². The number of pyridine rings is 2. The summed E-state index contributed by atoms with van der Waals surface area (Å²) in [6.07, 6.45) is 4.88. The van der Waals surface area contributed by atoms with Gasteiger partial charge in [0.2, 0.25) is 0 Å². The van der Waals surface area contributed by atoms with Crippen LogP contribution in [0.5, 0.6) is 28.7 Å². The molecule has 366 valence electrons. The standard InChI is InChI=1S/C28H31FN6O3.C22H18FN5O4S/c1-4-34(5-2)14-15-35-13-11-19-16-20(6-9-26(19)35)32-28(37)33-24-8-7-21(17-23(24)29)38-22-10-12-31-25(18-22)27(36)30-3;1-24-20(29)18-10-14(7-8-25-18)32-13-4-5-16(15(23)9-13)26-21(30)28-22-27-17-6-3-12(31-2)11-19(17)33-22/h6-13,16-18H,4-5,14-15H2,1-3H3,(H,30,36)(H2,32,33,37);3-11H,1-2H3,(H,24,29)(H2,26,27,28,30). The van der Waals surface area contributed by atoms with E-state index in [-0.39, 0.29) is 46.1 Å². The quantitative estimate of drug-likeness (QED) is 0.0536. The Hall–Kier alpha value is -8.69. The van der Waals surface area contributed by atoms with Crippen molar-refractivity contribution in [1.82, 2.24) is 35.1 Å². The number of urea groups is 2. The molecule has 0 aliphatic carbocycles. The van der Waals surface area contributed by atoms with Crippen molar-refractivity contribution in [1.29, 1.82) is 0 Å². The first-order valence-corrected chi connectivity index (χ1v) is 22.9. The van der Waals surface area contributed by atoms with Crippen molar-refractivity contribution in [3.63, 3.8) is 0 Å². The number of halogens is 2. The van der Waals surface area contributed by atoms with E-state index in [1.165, 1.54) is 80.3 Å². The summed E-state index contributed by atoms with van der Waals surface area (Å²) in [4.78, 5) is 62.9. The number of nitrogens with zero attached hydrogens (tertiary/aromatic N) is 5. The number of carbonyl (C=O) groups excluding carboxylic acids is 4. The second-order valence-corrected chi connectivity index (χ2v) is 16.3. The molecule has 4 heterocycles. The van der Waals surface area contributed by atoms with E-state index < -0.39 is 23.7 Å². The lowest BCUT2D eigenvalue weighted by molar-refractivity contribution is 0.0950. The number of aromatic nitrogens is 4. The maximum atomic E-state index is 14.7. The van der Waals surface area contributed by atoms with Crippen molar-refractivity contribution in [2.45, 2.75) is 20.4 Å². The third kappa shape index (κ3) is 13.3. The number of carbonyl (C=O) groups is 4. The van der Waals surface area contributed by atoms with Crippen LogP contribution in [0.3, 0.4) is 0 Å². The number of nitrogens with one attached hydrogen (secondary N) is 6. The minimum absolute atomic E-state index is 0.000684. The van der Waals surface area contributed by atoms with E-state index in [1.807, 2.05) is 36.5 Å². The fourth-order valence-electron chi connectivity index (χ4n) is 6.93. The van der Waals surface area contributed by atoms with Crippen LogP contribution in [0.25, 0.3) is 21.1 Å². The Balaban J connectivity index is 0.000000211. The summed E-state index contributed by atoms with van der Waals surface area (Å²) in [5.41, 5.74) is 2.69. The molecule has 71 heavy (non-hydrogen) atoms. The molecule has 0 saturated heterocycles. The molecule has 4 aromatic carbocycles. The van der Waals surface area contributed by atoms with Gasteiger partial charge in [-0.1, -0.05) is 25.2 Å². The Labute approximate surface area is 410 Å². The summed E-state index contributed by atoms with van der Waals surface area (Å²) < 4.78 is 48.7. The highest BCUT2D eigenvalue weighted by molar-refractivity contribution is 7.22. The number of ether oxygens (including phenoxy) is 3. The Morgan fingerprint density at radius 1 is 0.648 bits per heavy atom. The lowest BCUT2D eigenvalue weighted by Gasteiger charge is -2.18. The Kier molecular flexibility index (Phi) is 16.6. The van der Waals surface area contributed by atoms with Crippen molar-refractivity contribution in [2.75, 3.05) is 62.1 Å². The molecule has 0 atom stereocenters. The van der Waals surface area contributed by atoms with Crippen LogP contribution in [-0.2, 0) is 6.54 Å². The minimum atomic E-state index is -0.697. The number of methoxy groups -OCH3 is 1. The van der Waals surface area contributed by atoms with Gasteiger partial charge in [-0.05, 0) is 92.0 Å². The Morgan fingerprint density at radius 3 is 1.76 bits per heavy atom. The van der Waals surface area contributed by atoms with Gasteiger partial charge in [0, 0.05) is 86.6 Å². The molecule has 0 bridgehead atoms. The summed E-state index contributed by atoms with van der Waals surface area (Å²) >= 11 is 1.27. The number of anilines is 4. The van der Waals surface area contributed by atoms with Crippen LogP contribution in [0.15, 0.2) is 122 Å². The van der Waals surface area contributed by atoms with Crippen LogP contribution in [0, 0.1) is 11.6 Å². The molecule has 0 saturated carbocycles. The normalized spacial score (nSPS) is 10.8. The summed E-state index contributed by atoms with van der Waals surface area (Å²) in [6.45, 7) is 8.19. The molecule has 4 aromatic heterocycles. The Morgan fingerprint density at radius 2 is 1.21 bits per heavy atom. The molecule has 6 amide bonds. The van der Waals surface area contributed by atoms with Crippen LogP contribution < -0.4 is 46.1 Å². The van der Waals surface area contributed by atoms with Gasteiger partial charge in [-0.25, -0.2) is 23.4 Å². The third-order valence-corrected chi connectivity index (χ3v) is 11.6. The largest absolute Gasteiger partial charge is 0.497 e. The second-order valence-electron chi connectivity index (χ2n) is 15.2. The molecule has 0 unspecified atom stereocenters. The molecule has 8 rings (SSSR count). The van der Waals surface area contributed by atoms with Crippen molar-refractivity contribution in [3.05, 3.63) is 145 Å². The summed E-state index contributed by atoms with van der Waals surface area (Å²) in [5.74, 6) is -0.378. The monoisotopic (exact) mass is 985 g/mol. The molecule has 0 spiro atoms. The molecular formula is C50H49F2N11O7S. The summed E-state index contributed by atoms with van der Waals surface area (Å²) in [7, 11) is 4.56. The molecule has 6 N–H and O–H groups in total. The first-order chi connectivity index (χ1) is 34.3. The fraction of sp³-hybridized carbons (Fsp3) is 0.180. The predicted octanol–water partition coefficient (Wildman–Crippen LogP) is 9.95. The number of benzene rings is 4. The average molecular weight is 986 g/mol. The lowest BCUT2D eigenvalue weighted by Crippen LogP contribution is -2.26. The van der Waals surface area contributed by atoms with E-state index in [2.05, 4.69) is 70.2 Å². The third-order valence-electron chi connectivity index (χ3n) is 10.6. The number of likely N-dealkylation sites (N-methyl/N-ethyl adjacent to an activating group) is 1. The number of thiazole rings is 1. The van der Waals surface area contributed by atoms with Gasteiger partial charge in [-0.3, -0.25) is 24.9 Å². The molecule has 0 aliphatic rings. The van der Waals surface area contributed by atoms with E-state index in [1.54, 1.807) is 25.3 Å². The van der Waals surface area contributed by atoms with Crippen LogP contribution in [0.4, 0.5) is 40.6 Å². The van der Waals surface area contributed by atoms with Gasteiger partial charge in [0.1, 0.15) is 51.8 Å². The number of hydrogen-bond acceptors (Lipinski definition) is 12. The summed E-state index contributed by atoms with van der Waals surface area (Å²) in [6, 6.07) is 25.9. The molecule has 0 aliphatic heterocycles. The van der Waals surface area contributed by atoms with Gasteiger partial charge >= 0.3 is 12.1 Å². The summed E-state index contributed by atoms with van der Waals surface area (Å²) in [5, 5.41) is 16.6. The van der Waals surface area contributed by atoms with Gasteiger partial charge in [-0.2, -0.15) is 0 Å². The van der Waals surface area contributed by atoms with Crippen LogP contribution in [0.2, 0.25) is 0 Å². The Bertz CT molecular complexity index is 3200. The van der Waals surface area contributed by atoms with E-state index in [9.17, 15) is 28.0 Å². The zero-order valence-corrected chi connectivity index (χ0v) is 39.9. The number of amides is 6. The maximum absolute atomic E-state index is 14.7. The molecule has 8 aromatic rings. The van der Waals surface area contributed by atoms with Crippen LogP contribution in [-0.4, -0.2) is 89.1 Å². The van der Waals surface area contributed by atoms with E-state index >= 15 is 0 Å². The smallest absolute Gasteiger partial charge is 0.325 e. The predicted molar refractivity (Wildman–Crippen MR) is 269 cm³/mol. The van der Waals surface area contributed by atoms with Crippen LogP contribution in [0.1, 0.15) is 34.8 Å². The lowest BCUT2D eigenvalue weighted by atomic mass is 10.2. The number of hydrogen-bond donors (Lipinski definition) is 6. The van der Waals surface area contributed by atoms with Gasteiger partial charge in [0.15, 0.2) is 5.13 Å². The molecule has 18 nitrogen and oxygen atoms in total. The van der Waals surface area contributed by atoms with E-state index in [0.717, 1.165) is 53.9 Å². The first kappa shape index (κ1) is 50.2. The van der Waals surface area contributed by atoms with Crippen LogP contribution >= 0.6 is 11.3 Å². The van der Waals surface area contributed by atoms with Gasteiger partial charge in [-0.15, -0.1) is 0 Å². The van der Waals surface area contributed by atoms with E-state index in [0.29, 0.717) is 33.6 Å². The van der Waals surface area contributed by atoms with Crippen molar-refractivity contribution >= 4 is 78.5 Å². The molecule has 0 fully saturated rings. The zero-order chi connectivity index (χ0) is 50.4. The molecule has 0 radical (unpaired) electrons. The number of fused-ring (bicyclic) bond motifs is 2. The second kappa shape index (κ2) is 23.6. The maximum Gasteiger partial charge on any atom is 0.325 e. The topological polar surface area (TPSA) is 215 Å². The fourth-order valence-corrected chi connectivity index (χ4v) is 7.82. The highest BCUT2D eigenvalue weighted by atomic mass is 32.1. The van der Waals surface area contributed by atoms with Crippen molar-refractivity contribution < 1.29 is 42.2 Å². The average Bonchev–Trinajstić information content (AvgIpc) is 3.98. The van der Waals surface area contributed by atoms with Crippen molar-refractivity contribution in [2.24, 2.45) is 0 Å². The minimum Gasteiger partial charge on any atom is -0.497 e. The SMILES string of the molecule is CCN(CC)CCn1ccc2cc(NC(=O)Nc3ccc(Oc4ccnc(C(=O)NC)c4)cc3F)ccc21.CNC(=O)c1cc(Oc2ccc(NC(=O)Nc3nc4ccc(OC)cc4s3)c(F)c2)ccn1. The van der Waals surface area contributed by atoms with Gasteiger partial charge in [0.05, 0.1) is 28.7 Å². The number of rotatable bonds is 16.